The van der Waals surface area contributed by atoms with Gasteiger partial charge in [0, 0.05) is 30.9 Å². The molecule has 5 heteroatoms. The first-order chi connectivity index (χ1) is 9.41. The molecule has 0 aromatic heterocycles. The number of halogens is 1. The van der Waals surface area contributed by atoms with Gasteiger partial charge in [0.15, 0.2) is 0 Å². The normalized spacial score (nSPS) is 10.4. The van der Waals surface area contributed by atoms with Crippen molar-refractivity contribution < 1.29 is 9.59 Å². The zero-order valence-corrected chi connectivity index (χ0v) is 13.7. The summed E-state index contributed by atoms with van der Waals surface area (Å²) in [5.41, 5.74) is 0.789. The Labute approximate surface area is 128 Å². The lowest BCUT2D eigenvalue weighted by molar-refractivity contribution is -0.121. The molecule has 0 unspecified atom stereocenters. The van der Waals surface area contributed by atoms with Gasteiger partial charge in [-0.2, -0.15) is 0 Å². The predicted octanol–water partition coefficient (Wildman–Crippen LogP) is 2.96. The van der Waals surface area contributed by atoms with Crippen molar-refractivity contribution in [2.45, 2.75) is 27.2 Å². The van der Waals surface area contributed by atoms with Crippen LogP contribution < -0.4 is 10.2 Å². The Morgan fingerprint density at radius 2 is 1.95 bits per heavy atom. The number of rotatable bonds is 6. The van der Waals surface area contributed by atoms with E-state index in [0.29, 0.717) is 25.4 Å². The van der Waals surface area contributed by atoms with E-state index in [2.05, 4.69) is 21.2 Å². The van der Waals surface area contributed by atoms with E-state index < -0.39 is 0 Å². The molecular weight excluding hydrogens is 320 g/mol. The molecular formula is C15H21BrN2O2. The number of anilines is 1. The maximum absolute atomic E-state index is 11.7. The number of carbonyl (C=O) groups excluding carboxylic acids is 2. The summed E-state index contributed by atoms with van der Waals surface area (Å²) < 4.78 is 0.845. The van der Waals surface area contributed by atoms with Crippen molar-refractivity contribution >= 4 is 33.4 Å². The van der Waals surface area contributed by atoms with Crippen LogP contribution in [0.25, 0.3) is 0 Å². The fourth-order valence-corrected chi connectivity index (χ4v) is 2.24. The molecule has 0 spiro atoms. The summed E-state index contributed by atoms with van der Waals surface area (Å²) in [5.74, 6) is 0.316. The maximum atomic E-state index is 11.7. The molecule has 0 aliphatic carbocycles. The van der Waals surface area contributed by atoms with Crippen LogP contribution in [-0.2, 0) is 9.59 Å². The third-order valence-electron chi connectivity index (χ3n) is 2.79. The number of hydrogen-bond donors (Lipinski definition) is 1. The number of nitrogens with zero attached hydrogens (tertiary/aromatic N) is 1. The zero-order chi connectivity index (χ0) is 15.1. The molecule has 2 amide bonds. The first kappa shape index (κ1) is 16.7. The summed E-state index contributed by atoms with van der Waals surface area (Å²) in [6.07, 6.45) is 0.299. The second-order valence-electron chi connectivity index (χ2n) is 5.07. The second kappa shape index (κ2) is 8.04. The highest BCUT2D eigenvalue weighted by Crippen LogP contribution is 2.25. The largest absolute Gasteiger partial charge is 0.356 e. The monoisotopic (exact) mass is 340 g/mol. The fourth-order valence-electron chi connectivity index (χ4n) is 1.74. The van der Waals surface area contributed by atoms with Gasteiger partial charge in [-0.1, -0.05) is 26.0 Å². The van der Waals surface area contributed by atoms with Gasteiger partial charge in [-0.3, -0.25) is 9.59 Å². The van der Waals surface area contributed by atoms with Crippen LogP contribution in [0.1, 0.15) is 27.2 Å². The maximum Gasteiger partial charge on any atom is 0.223 e. The van der Waals surface area contributed by atoms with Crippen molar-refractivity contribution in [3.63, 3.8) is 0 Å². The van der Waals surface area contributed by atoms with Gasteiger partial charge in [0.05, 0.1) is 5.69 Å². The van der Waals surface area contributed by atoms with Crippen LogP contribution >= 0.6 is 15.9 Å². The van der Waals surface area contributed by atoms with Gasteiger partial charge in [-0.25, -0.2) is 0 Å². The van der Waals surface area contributed by atoms with Crippen LogP contribution in [0.2, 0.25) is 0 Å². The molecule has 1 N–H and O–H groups in total. The van der Waals surface area contributed by atoms with E-state index in [1.165, 1.54) is 6.92 Å². The highest BCUT2D eigenvalue weighted by Gasteiger charge is 2.15. The first-order valence-corrected chi connectivity index (χ1v) is 7.50. The van der Waals surface area contributed by atoms with Gasteiger partial charge >= 0.3 is 0 Å². The highest BCUT2D eigenvalue weighted by atomic mass is 79.9. The van der Waals surface area contributed by atoms with E-state index in [1.54, 1.807) is 4.90 Å². The Kier molecular flexibility index (Phi) is 6.71. The number of benzene rings is 1. The molecule has 20 heavy (non-hydrogen) atoms. The Hall–Kier alpha value is -1.36. The minimum absolute atomic E-state index is 0.0306. The average molecular weight is 341 g/mol. The van der Waals surface area contributed by atoms with Crippen LogP contribution in [-0.4, -0.2) is 24.9 Å². The molecule has 0 radical (unpaired) electrons. The van der Waals surface area contributed by atoms with E-state index in [-0.39, 0.29) is 11.8 Å². The number of para-hydroxylation sites is 1. The quantitative estimate of drug-likeness (QED) is 0.865. The van der Waals surface area contributed by atoms with Crippen molar-refractivity contribution in [3.8, 4) is 0 Å². The molecule has 0 atom stereocenters. The van der Waals surface area contributed by atoms with Gasteiger partial charge in [-0.05, 0) is 34.0 Å². The molecule has 0 saturated carbocycles. The Balaban J connectivity index is 2.64. The molecule has 110 valence electrons. The van der Waals surface area contributed by atoms with Gasteiger partial charge in [0.25, 0.3) is 0 Å². The number of carbonyl (C=O) groups is 2. The van der Waals surface area contributed by atoms with Crippen LogP contribution in [0, 0.1) is 5.92 Å². The Morgan fingerprint density at radius 1 is 1.30 bits per heavy atom. The third-order valence-corrected chi connectivity index (χ3v) is 3.46. The standard InChI is InChI=1S/C15H21BrN2O2/c1-11(2)10-17-15(20)8-9-18(12(3)19)14-7-5-4-6-13(14)16/h4-7,11H,8-10H2,1-3H3,(H,17,20). The lowest BCUT2D eigenvalue weighted by Crippen LogP contribution is -2.35. The van der Waals surface area contributed by atoms with E-state index in [0.717, 1.165) is 10.2 Å². The smallest absolute Gasteiger partial charge is 0.223 e. The van der Waals surface area contributed by atoms with Gasteiger partial charge in [0.2, 0.25) is 11.8 Å². The number of nitrogens with one attached hydrogen (secondary N) is 1. The lowest BCUT2D eigenvalue weighted by atomic mass is 10.2. The summed E-state index contributed by atoms with van der Waals surface area (Å²) >= 11 is 3.43. The molecule has 0 bridgehead atoms. The first-order valence-electron chi connectivity index (χ1n) is 6.71. The number of amides is 2. The van der Waals surface area contributed by atoms with E-state index >= 15 is 0 Å². The van der Waals surface area contributed by atoms with Crippen molar-refractivity contribution in [2.75, 3.05) is 18.0 Å². The van der Waals surface area contributed by atoms with Crippen molar-refractivity contribution in [1.29, 1.82) is 0 Å². The molecule has 0 aliphatic rings. The highest BCUT2D eigenvalue weighted by molar-refractivity contribution is 9.10. The Bertz CT molecular complexity index is 475. The van der Waals surface area contributed by atoms with Crippen LogP contribution in [0.15, 0.2) is 28.7 Å². The van der Waals surface area contributed by atoms with Gasteiger partial charge < -0.3 is 10.2 Å². The molecule has 0 fully saturated rings. The molecule has 0 saturated heterocycles. The van der Waals surface area contributed by atoms with Crippen LogP contribution in [0.3, 0.4) is 0 Å². The predicted molar refractivity (Wildman–Crippen MR) is 84.6 cm³/mol. The molecule has 0 heterocycles. The van der Waals surface area contributed by atoms with Gasteiger partial charge in [0.1, 0.15) is 0 Å². The minimum atomic E-state index is -0.0754. The summed E-state index contributed by atoms with van der Waals surface area (Å²) in [6.45, 7) is 6.63. The third kappa shape index (κ3) is 5.33. The van der Waals surface area contributed by atoms with Crippen molar-refractivity contribution in [1.82, 2.24) is 5.32 Å². The topological polar surface area (TPSA) is 49.4 Å². The Morgan fingerprint density at radius 3 is 2.50 bits per heavy atom. The van der Waals surface area contributed by atoms with Crippen molar-refractivity contribution in [3.05, 3.63) is 28.7 Å². The minimum Gasteiger partial charge on any atom is -0.356 e. The second-order valence-corrected chi connectivity index (χ2v) is 5.92. The molecule has 0 aliphatic heterocycles. The summed E-state index contributed by atoms with van der Waals surface area (Å²) in [5, 5.41) is 2.85. The summed E-state index contributed by atoms with van der Waals surface area (Å²) in [6, 6.07) is 7.50. The molecule has 4 nitrogen and oxygen atoms in total. The van der Waals surface area contributed by atoms with Crippen LogP contribution in [0.4, 0.5) is 5.69 Å². The lowest BCUT2D eigenvalue weighted by Gasteiger charge is -2.22. The molecule has 1 aromatic carbocycles. The van der Waals surface area contributed by atoms with E-state index in [1.807, 2.05) is 38.1 Å². The summed E-state index contributed by atoms with van der Waals surface area (Å²) in [7, 11) is 0. The van der Waals surface area contributed by atoms with E-state index in [9.17, 15) is 9.59 Å². The van der Waals surface area contributed by atoms with Crippen molar-refractivity contribution in [2.24, 2.45) is 5.92 Å². The van der Waals surface area contributed by atoms with E-state index in [4.69, 9.17) is 0 Å². The fraction of sp³-hybridized carbons (Fsp3) is 0.467. The SMILES string of the molecule is CC(=O)N(CCC(=O)NCC(C)C)c1ccccc1Br. The molecule has 1 aromatic rings. The molecule has 1 rings (SSSR count). The van der Waals surface area contributed by atoms with Gasteiger partial charge in [-0.15, -0.1) is 0 Å². The van der Waals surface area contributed by atoms with Crippen LogP contribution in [0.5, 0.6) is 0 Å². The summed E-state index contributed by atoms with van der Waals surface area (Å²) in [4.78, 5) is 25.1. The number of hydrogen-bond acceptors (Lipinski definition) is 2. The average Bonchev–Trinajstić information content (AvgIpc) is 2.38. The zero-order valence-electron chi connectivity index (χ0n) is 12.1.